The van der Waals surface area contributed by atoms with Crippen molar-refractivity contribution in [3.05, 3.63) is 29.8 Å². The Morgan fingerprint density at radius 3 is 2.64 bits per heavy atom. The van der Waals surface area contributed by atoms with E-state index in [0.29, 0.717) is 5.75 Å². The van der Waals surface area contributed by atoms with Crippen LogP contribution in [0.4, 0.5) is 13.2 Å². The molecule has 2 rings (SSSR count). The molecular weight excluding hydrogens is 323 g/mol. The van der Waals surface area contributed by atoms with Crippen LogP contribution in [-0.4, -0.2) is 40.4 Å². The first-order valence-corrected chi connectivity index (χ1v) is 7.37. The number of benzene rings is 1. The Labute approximate surface area is 127 Å². The van der Waals surface area contributed by atoms with E-state index in [1.54, 1.807) is 0 Å². The van der Waals surface area contributed by atoms with Crippen molar-refractivity contribution in [2.45, 2.75) is 18.3 Å². The highest BCUT2D eigenvalue weighted by Crippen LogP contribution is 2.29. The summed E-state index contributed by atoms with van der Waals surface area (Å²) in [4.78, 5) is 23.5. The van der Waals surface area contributed by atoms with Gasteiger partial charge in [-0.15, -0.1) is 13.2 Å². The third-order valence-corrected chi connectivity index (χ3v) is 4.30. The van der Waals surface area contributed by atoms with Gasteiger partial charge in [-0.05, 0) is 30.4 Å². The highest BCUT2D eigenvalue weighted by atomic mass is 32.2. The maximum atomic E-state index is 12.2. The van der Waals surface area contributed by atoms with Crippen molar-refractivity contribution in [2.24, 2.45) is 0 Å². The number of amides is 1. The number of thioether (sulfide) groups is 1. The van der Waals surface area contributed by atoms with E-state index in [9.17, 15) is 27.9 Å². The Morgan fingerprint density at radius 1 is 1.36 bits per heavy atom. The van der Waals surface area contributed by atoms with Gasteiger partial charge in [0.2, 0.25) is 0 Å². The van der Waals surface area contributed by atoms with E-state index in [0.717, 1.165) is 12.1 Å². The minimum absolute atomic E-state index is 0.0979. The number of alkyl halides is 3. The van der Waals surface area contributed by atoms with E-state index in [1.807, 2.05) is 0 Å². The Balaban J connectivity index is 2.16. The number of rotatable bonds is 4. The molecule has 1 aromatic carbocycles. The second-order valence-corrected chi connectivity index (χ2v) is 5.82. The molecule has 9 heteroatoms. The van der Waals surface area contributed by atoms with Crippen molar-refractivity contribution < 1.29 is 32.6 Å². The van der Waals surface area contributed by atoms with Gasteiger partial charge in [0.25, 0.3) is 5.91 Å². The zero-order valence-electron chi connectivity index (χ0n) is 11.1. The monoisotopic (exact) mass is 335 g/mol. The molecule has 5 nitrogen and oxygen atoms in total. The van der Waals surface area contributed by atoms with Crippen LogP contribution in [0.1, 0.15) is 16.8 Å². The molecule has 1 aliphatic rings. The molecule has 1 aromatic rings. The Kier molecular flexibility index (Phi) is 4.55. The summed E-state index contributed by atoms with van der Waals surface area (Å²) >= 11 is 1.39. The lowest BCUT2D eigenvalue weighted by Crippen LogP contribution is -2.54. The first kappa shape index (κ1) is 16.5. The van der Waals surface area contributed by atoms with Gasteiger partial charge in [-0.1, -0.05) is 6.07 Å². The van der Waals surface area contributed by atoms with Gasteiger partial charge < -0.3 is 15.2 Å². The Bertz CT molecular complexity index is 585. The van der Waals surface area contributed by atoms with Crippen LogP contribution in [0.25, 0.3) is 0 Å². The lowest BCUT2D eigenvalue weighted by atomic mass is 9.98. The quantitative estimate of drug-likeness (QED) is 0.883. The van der Waals surface area contributed by atoms with Gasteiger partial charge in [0.05, 0.1) is 0 Å². The van der Waals surface area contributed by atoms with Gasteiger partial charge in [-0.2, -0.15) is 11.8 Å². The first-order valence-electron chi connectivity index (χ1n) is 6.21. The molecule has 0 aromatic heterocycles. The van der Waals surface area contributed by atoms with E-state index in [-0.39, 0.29) is 17.7 Å². The van der Waals surface area contributed by atoms with Gasteiger partial charge in [-0.3, -0.25) is 4.79 Å². The van der Waals surface area contributed by atoms with Gasteiger partial charge in [0.1, 0.15) is 11.3 Å². The standard InChI is InChI=1S/C13H12F3NO4S/c14-13(15,16)21-9-3-1-2-8(6-9)10(18)17-12(11(19)20)4-5-22-7-12/h1-3,6H,4-5,7H2,(H,17,18)(H,19,20). The van der Waals surface area contributed by atoms with Gasteiger partial charge in [-0.25, -0.2) is 4.79 Å². The molecule has 0 radical (unpaired) electrons. The molecule has 0 bridgehead atoms. The Hall–Kier alpha value is -1.90. The topological polar surface area (TPSA) is 75.6 Å². The third-order valence-electron chi connectivity index (χ3n) is 3.11. The zero-order chi connectivity index (χ0) is 16.4. The lowest BCUT2D eigenvalue weighted by Gasteiger charge is -2.24. The number of halogens is 3. The average Bonchev–Trinajstić information content (AvgIpc) is 2.87. The molecule has 1 saturated heterocycles. The van der Waals surface area contributed by atoms with E-state index < -0.39 is 29.5 Å². The molecule has 120 valence electrons. The molecule has 2 N–H and O–H groups in total. The predicted octanol–water partition coefficient (Wildman–Crippen LogP) is 2.28. The van der Waals surface area contributed by atoms with Crippen LogP contribution >= 0.6 is 11.8 Å². The van der Waals surface area contributed by atoms with Crippen LogP contribution in [0.2, 0.25) is 0 Å². The average molecular weight is 335 g/mol. The molecule has 1 amide bonds. The Morgan fingerprint density at radius 2 is 2.09 bits per heavy atom. The SMILES string of the molecule is O=C(NC1(C(=O)O)CCSC1)c1cccc(OC(F)(F)F)c1. The molecule has 1 heterocycles. The fourth-order valence-electron chi connectivity index (χ4n) is 2.01. The molecule has 1 unspecified atom stereocenters. The van der Waals surface area contributed by atoms with Crippen molar-refractivity contribution in [3.63, 3.8) is 0 Å². The predicted molar refractivity (Wildman–Crippen MR) is 72.9 cm³/mol. The number of carboxylic acids is 1. The van der Waals surface area contributed by atoms with E-state index >= 15 is 0 Å². The summed E-state index contributed by atoms with van der Waals surface area (Å²) in [6.07, 6.45) is -4.60. The second kappa shape index (κ2) is 6.07. The van der Waals surface area contributed by atoms with E-state index in [2.05, 4.69) is 10.1 Å². The van der Waals surface area contributed by atoms with E-state index in [1.165, 1.54) is 23.9 Å². The van der Waals surface area contributed by atoms with Gasteiger partial charge in [0.15, 0.2) is 0 Å². The molecule has 1 aliphatic heterocycles. The number of carboxylic acid groups (broad SMARTS) is 1. The van der Waals surface area contributed by atoms with Gasteiger partial charge in [0, 0.05) is 11.3 Å². The molecule has 0 saturated carbocycles. The van der Waals surface area contributed by atoms with Crippen LogP contribution in [0.3, 0.4) is 0 Å². The number of nitrogens with one attached hydrogen (secondary N) is 1. The summed E-state index contributed by atoms with van der Waals surface area (Å²) in [5.41, 5.74) is -1.48. The van der Waals surface area contributed by atoms with Crippen LogP contribution < -0.4 is 10.1 Å². The largest absolute Gasteiger partial charge is 0.573 e. The molecule has 0 spiro atoms. The second-order valence-electron chi connectivity index (χ2n) is 4.72. The summed E-state index contributed by atoms with van der Waals surface area (Å²) in [5, 5.41) is 11.7. The van der Waals surface area contributed by atoms with Crippen LogP contribution in [0.5, 0.6) is 5.75 Å². The minimum atomic E-state index is -4.86. The van der Waals surface area contributed by atoms with Crippen LogP contribution in [0, 0.1) is 0 Å². The molecule has 1 fully saturated rings. The maximum absolute atomic E-state index is 12.2. The zero-order valence-corrected chi connectivity index (χ0v) is 12.0. The molecule has 22 heavy (non-hydrogen) atoms. The number of aliphatic carboxylic acids is 1. The number of carbonyl (C=O) groups is 2. The number of hydrogen-bond donors (Lipinski definition) is 2. The highest BCUT2D eigenvalue weighted by Gasteiger charge is 2.43. The normalized spacial score (nSPS) is 21.4. The van der Waals surface area contributed by atoms with Crippen molar-refractivity contribution >= 4 is 23.6 Å². The fourth-order valence-corrected chi connectivity index (χ4v) is 3.34. The number of carbonyl (C=O) groups excluding carboxylic acids is 1. The maximum Gasteiger partial charge on any atom is 0.573 e. The van der Waals surface area contributed by atoms with Crippen molar-refractivity contribution in [1.82, 2.24) is 5.32 Å². The molecule has 0 aliphatic carbocycles. The van der Waals surface area contributed by atoms with E-state index in [4.69, 9.17) is 0 Å². The molecule has 1 atom stereocenters. The summed E-state index contributed by atoms with van der Waals surface area (Å²) in [6.45, 7) is 0. The van der Waals surface area contributed by atoms with Crippen molar-refractivity contribution in [1.29, 1.82) is 0 Å². The summed E-state index contributed by atoms with van der Waals surface area (Å²) in [5.74, 6) is -1.65. The summed E-state index contributed by atoms with van der Waals surface area (Å²) < 4.78 is 40.2. The number of ether oxygens (including phenoxy) is 1. The summed E-state index contributed by atoms with van der Waals surface area (Å²) in [7, 11) is 0. The number of hydrogen-bond acceptors (Lipinski definition) is 4. The van der Waals surface area contributed by atoms with Crippen LogP contribution in [-0.2, 0) is 4.79 Å². The van der Waals surface area contributed by atoms with Gasteiger partial charge >= 0.3 is 12.3 Å². The van der Waals surface area contributed by atoms with Crippen LogP contribution in [0.15, 0.2) is 24.3 Å². The minimum Gasteiger partial charge on any atom is -0.479 e. The highest BCUT2D eigenvalue weighted by molar-refractivity contribution is 7.99. The van der Waals surface area contributed by atoms with Crippen molar-refractivity contribution in [2.75, 3.05) is 11.5 Å². The third kappa shape index (κ3) is 3.85. The fraction of sp³-hybridized carbons (Fsp3) is 0.385. The van der Waals surface area contributed by atoms with Crippen molar-refractivity contribution in [3.8, 4) is 5.75 Å². The molecular formula is C13H12F3NO4S. The first-order chi connectivity index (χ1) is 10.2. The smallest absolute Gasteiger partial charge is 0.479 e. The summed E-state index contributed by atoms with van der Waals surface area (Å²) in [6, 6.07) is 4.49. The lowest BCUT2D eigenvalue weighted by molar-refractivity contribution is -0.274.